The Kier molecular flexibility index (Phi) is 6.10. The van der Waals surface area contributed by atoms with Crippen molar-refractivity contribution in [2.45, 2.75) is 32.8 Å². The fraction of sp³-hybridized carbons (Fsp3) is 0.727. The van der Waals surface area contributed by atoms with Crippen molar-refractivity contribution in [3.05, 3.63) is 0 Å². The van der Waals surface area contributed by atoms with E-state index in [0.29, 0.717) is 5.01 Å². The first-order chi connectivity index (χ1) is 8.53. The summed E-state index contributed by atoms with van der Waals surface area (Å²) in [4.78, 5) is 35.0. The van der Waals surface area contributed by atoms with Gasteiger partial charge in [0.05, 0.1) is 6.54 Å². The summed E-state index contributed by atoms with van der Waals surface area (Å²) in [6, 6.07) is 0. The van der Waals surface area contributed by atoms with Crippen LogP contribution in [0.25, 0.3) is 0 Å². The smallest absolute Gasteiger partial charge is 0.426 e. The lowest BCUT2D eigenvalue weighted by molar-refractivity contribution is -0.129. The largest absolute Gasteiger partial charge is 0.464 e. The molecule has 0 atom stereocenters. The fourth-order valence-corrected chi connectivity index (χ4v) is 1.04. The Morgan fingerprint density at radius 2 is 1.74 bits per heavy atom. The summed E-state index contributed by atoms with van der Waals surface area (Å²) >= 11 is 0. The number of amides is 3. The standard InChI is InChI=1S/C11H21N3O5/c1-11(2,3)19-9(16)12-14(10(17)18)7-6-8(15)13(4)5/h6-7H2,1-5H3,(H,12,16)(H,17,18). The Bertz CT molecular complexity index is 349. The maximum atomic E-state index is 11.4. The zero-order valence-corrected chi connectivity index (χ0v) is 11.9. The van der Waals surface area contributed by atoms with Crippen LogP contribution in [0.2, 0.25) is 0 Å². The Balaban J connectivity index is 4.39. The first kappa shape index (κ1) is 17.0. The van der Waals surface area contributed by atoms with Crippen molar-refractivity contribution in [1.82, 2.24) is 15.3 Å². The van der Waals surface area contributed by atoms with Gasteiger partial charge in [0.1, 0.15) is 5.60 Å². The molecule has 0 fully saturated rings. The van der Waals surface area contributed by atoms with Crippen molar-refractivity contribution in [3.8, 4) is 0 Å². The molecule has 3 amide bonds. The average Bonchev–Trinajstić information content (AvgIpc) is 2.20. The summed E-state index contributed by atoms with van der Waals surface area (Å²) in [7, 11) is 3.13. The predicted octanol–water partition coefficient (Wildman–Crippen LogP) is 0.884. The first-order valence-electron chi connectivity index (χ1n) is 5.73. The van der Waals surface area contributed by atoms with E-state index in [1.165, 1.54) is 4.90 Å². The van der Waals surface area contributed by atoms with Gasteiger partial charge in [-0.1, -0.05) is 0 Å². The van der Waals surface area contributed by atoms with E-state index in [0.717, 1.165) is 0 Å². The van der Waals surface area contributed by atoms with Gasteiger partial charge in [-0.2, -0.15) is 0 Å². The van der Waals surface area contributed by atoms with Crippen molar-refractivity contribution in [2.75, 3.05) is 20.6 Å². The van der Waals surface area contributed by atoms with E-state index < -0.39 is 17.8 Å². The molecule has 0 aliphatic carbocycles. The van der Waals surface area contributed by atoms with E-state index in [9.17, 15) is 14.4 Å². The molecule has 0 rings (SSSR count). The van der Waals surface area contributed by atoms with Crippen LogP contribution < -0.4 is 5.43 Å². The van der Waals surface area contributed by atoms with Gasteiger partial charge in [0.25, 0.3) is 0 Å². The molecule has 2 N–H and O–H groups in total. The number of hydrogen-bond donors (Lipinski definition) is 2. The minimum Gasteiger partial charge on any atom is -0.464 e. The number of nitrogens with zero attached hydrogens (tertiary/aromatic N) is 2. The van der Waals surface area contributed by atoms with Gasteiger partial charge in [0, 0.05) is 20.5 Å². The molecule has 0 heterocycles. The molecular formula is C11H21N3O5. The molecule has 0 spiro atoms. The van der Waals surface area contributed by atoms with Gasteiger partial charge < -0.3 is 14.7 Å². The molecule has 8 heteroatoms. The summed E-state index contributed by atoms with van der Waals surface area (Å²) in [5.41, 5.74) is 1.34. The second-order valence-electron chi connectivity index (χ2n) is 5.09. The summed E-state index contributed by atoms with van der Waals surface area (Å²) in [6.45, 7) is 4.83. The lowest BCUT2D eigenvalue weighted by Crippen LogP contribution is -2.48. The minimum absolute atomic E-state index is 0.0326. The zero-order valence-electron chi connectivity index (χ0n) is 11.9. The average molecular weight is 275 g/mol. The normalized spacial score (nSPS) is 10.6. The van der Waals surface area contributed by atoms with E-state index in [1.807, 2.05) is 0 Å². The molecule has 0 unspecified atom stereocenters. The van der Waals surface area contributed by atoms with Crippen molar-refractivity contribution >= 4 is 18.1 Å². The molecule has 0 aromatic heterocycles. The Morgan fingerprint density at radius 3 is 2.11 bits per heavy atom. The van der Waals surface area contributed by atoms with Crippen LogP contribution in [0, 0.1) is 0 Å². The third-order valence-electron chi connectivity index (χ3n) is 1.90. The second-order valence-corrected chi connectivity index (χ2v) is 5.09. The SMILES string of the molecule is CN(C)C(=O)CCN(NC(=O)OC(C)(C)C)C(=O)O. The highest BCUT2D eigenvalue weighted by atomic mass is 16.6. The van der Waals surface area contributed by atoms with Crippen LogP contribution in [0.5, 0.6) is 0 Å². The molecule has 0 aromatic carbocycles. The molecule has 110 valence electrons. The number of carboxylic acid groups (broad SMARTS) is 1. The molecule has 0 saturated heterocycles. The van der Waals surface area contributed by atoms with E-state index in [2.05, 4.69) is 5.43 Å². The Morgan fingerprint density at radius 1 is 1.21 bits per heavy atom. The molecule has 8 nitrogen and oxygen atoms in total. The summed E-state index contributed by atoms with van der Waals surface area (Å²) < 4.78 is 4.92. The van der Waals surface area contributed by atoms with Crippen LogP contribution in [-0.4, -0.2) is 59.4 Å². The third kappa shape index (κ3) is 7.85. The van der Waals surface area contributed by atoms with Crippen LogP contribution in [0.3, 0.4) is 0 Å². The Hall–Kier alpha value is -1.99. The third-order valence-corrected chi connectivity index (χ3v) is 1.90. The monoisotopic (exact) mass is 275 g/mol. The maximum Gasteiger partial charge on any atom is 0.426 e. The number of carbonyl (C=O) groups is 3. The summed E-state index contributed by atoms with van der Waals surface area (Å²) in [5.74, 6) is -0.239. The lowest BCUT2D eigenvalue weighted by Gasteiger charge is -2.24. The molecule has 0 radical (unpaired) electrons. The number of hydrazine groups is 1. The van der Waals surface area contributed by atoms with Crippen LogP contribution in [-0.2, 0) is 9.53 Å². The molecular weight excluding hydrogens is 254 g/mol. The molecule has 0 aromatic rings. The molecule has 0 bridgehead atoms. The highest BCUT2D eigenvalue weighted by Crippen LogP contribution is 2.06. The maximum absolute atomic E-state index is 11.4. The van der Waals surface area contributed by atoms with Gasteiger partial charge in [-0.05, 0) is 20.8 Å². The molecule has 0 aliphatic heterocycles. The Labute approximate surface area is 112 Å². The van der Waals surface area contributed by atoms with Gasteiger partial charge in [-0.25, -0.2) is 20.0 Å². The first-order valence-corrected chi connectivity index (χ1v) is 5.73. The predicted molar refractivity (Wildman–Crippen MR) is 67.4 cm³/mol. The number of nitrogens with one attached hydrogen (secondary N) is 1. The quantitative estimate of drug-likeness (QED) is 0.745. The second kappa shape index (κ2) is 6.81. The summed E-state index contributed by atoms with van der Waals surface area (Å²) in [5, 5.41) is 9.52. The molecule has 0 saturated carbocycles. The molecule has 0 aliphatic rings. The highest BCUT2D eigenvalue weighted by Gasteiger charge is 2.21. The number of rotatable bonds is 3. The van der Waals surface area contributed by atoms with Gasteiger partial charge in [0.2, 0.25) is 5.91 Å². The molecule has 19 heavy (non-hydrogen) atoms. The van der Waals surface area contributed by atoms with Gasteiger partial charge in [0.15, 0.2) is 0 Å². The van der Waals surface area contributed by atoms with Crippen molar-refractivity contribution < 1.29 is 24.2 Å². The topological polar surface area (TPSA) is 99.2 Å². The van der Waals surface area contributed by atoms with Crippen molar-refractivity contribution in [3.63, 3.8) is 0 Å². The van der Waals surface area contributed by atoms with Gasteiger partial charge in [-0.3, -0.25) is 4.79 Å². The lowest BCUT2D eigenvalue weighted by atomic mass is 10.2. The summed E-state index contributed by atoms with van der Waals surface area (Å²) in [6.07, 6.45) is -2.28. The van der Waals surface area contributed by atoms with Crippen molar-refractivity contribution in [2.24, 2.45) is 0 Å². The van der Waals surface area contributed by atoms with Gasteiger partial charge in [-0.15, -0.1) is 0 Å². The van der Waals surface area contributed by atoms with Gasteiger partial charge >= 0.3 is 12.2 Å². The van der Waals surface area contributed by atoms with E-state index in [4.69, 9.17) is 9.84 Å². The van der Waals surface area contributed by atoms with E-state index in [1.54, 1.807) is 34.9 Å². The zero-order chi connectivity index (χ0) is 15.2. The number of carbonyl (C=O) groups excluding carboxylic acids is 2. The fourth-order valence-electron chi connectivity index (χ4n) is 1.04. The van der Waals surface area contributed by atoms with E-state index in [-0.39, 0.29) is 18.9 Å². The van der Waals surface area contributed by atoms with Crippen LogP contribution in [0.15, 0.2) is 0 Å². The van der Waals surface area contributed by atoms with Crippen LogP contribution in [0.4, 0.5) is 9.59 Å². The minimum atomic E-state index is -1.36. The van der Waals surface area contributed by atoms with Crippen LogP contribution in [0.1, 0.15) is 27.2 Å². The van der Waals surface area contributed by atoms with E-state index >= 15 is 0 Å². The van der Waals surface area contributed by atoms with Crippen molar-refractivity contribution in [1.29, 1.82) is 0 Å². The number of ether oxygens (including phenoxy) is 1. The number of hydrogen-bond acceptors (Lipinski definition) is 4. The highest BCUT2D eigenvalue weighted by molar-refractivity contribution is 5.77. The van der Waals surface area contributed by atoms with Crippen LogP contribution >= 0.6 is 0 Å².